The second kappa shape index (κ2) is 5.04. The average molecular weight is 301 g/mol. The highest BCUT2D eigenvalue weighted by atomic mass is 16.6. The van der Waals surface area contributed by atoms with Crippen molar-refractivity contribution in [3.63, 3.8) is 0 Å². The van der Waals surface area contributed by atoms with Crippen LogP contribution < -0.4 is 4.74 Å². The van der Waals surface area contributed by atoms with Gasteiger partial charge < -0.3 is 19.3 Å². The lowest BCUT2D eigenvalue weighted by molar-refractivity contribution is -0.136. The fourth-order valence-corrected chi connectivity index (χ4v) is 2.53. The zero-order chi connectivity index (χ0) is 15.9. The van der Waals surface area contributed by atoms with Gasteiger partial charge in [0.05, 0.1) is 17.7 Å². The Bertz CT molecular complexity index is 701. The number of rotatable bonds is 2. The number of hydrogen-bond acceptors (Lipinski definition) is 6. The zero-order valence-electron chi connectivity index (χ0n) is 12.2. The van der Waals surface area contributed by atoms with Crippen LogP contribution in [0.4, 0.5) is 0 Å². The fourth-order valence-electron chi connectivity index (χ4n) is 2.53. The summed E-state index contributed by atoms with van der Waals surface area (Å²) in [5, 5.41) is 19.6. The Balaban J connectivity index is 2.01. The number of esters is 1. The molecule has 0 aliphatic carbocycles. The highest BCUT2D eigenvalue weighted by Crippen LogP contribution is 2.43. The molecule has 114 valence electrons. The third-order valence-corrected chi connectivity index (χ3v) is 3.73. The molecule has 0 amide bonds. The molecule has 0 unspecified atom stereocenters. The van der Waals surface area contributed by atoms with E-state index in [1.54, 1.807) is 32.0 Å². The molecule has 2 aliphatic rings. The third-order valence-electron chi connectivity index (χ3n) is 3.73. The van der Waals surface area contributed by atoms with Gasteiger partial charge in [0, 0.05) is 5.56 Å². The van der Waals surface area contributed by atoms with Gasteiger partial charge in [-0.2, -0.15) is 5.26 Å². The normalized spacial score (nSPS) is 25.4. The molecule has 1 N–H and O–H groups in total. The van der Waals surface area contributed by atoms with Crippen LogP contribution in [0.2, 0.25) is 0 Å². The van der Waals surface area contributed by atoms with Crippen LogP contribution in [0.1, 0.15) is 31.1 Å². The molecule has 0 fully saturated rings. The number of nitriles is 1. The predicted octanol–water partition coefficient (Wildman–Crippen LogP) is 1.59. The summed E-state index contributed by atoms with van der Waals surface area (Å²) in [4.78, 5) is 11.1. The summed E-state index contributed by atoms with van der Waals surface area (Å²) in [6, 6.07) is 7.00. The molecule has 0 bridgehead atoms. The molecular weight excluding hydrogens is 286 g/mol. The molecule has 2 heterocycles. The van der Waals surface area contributed by atoms with Crippen molar-refractivity contribution < 1.29 is 24.1 Å². The summed E-state index contributed by atoms with van der Waals surface area (Å²) in [5.74, 6) is 0.423. The van der Waals surface area contributed by atoms with E-state index < -0.39 is 23.8 Å². The number of aliphatic hydroxyl groups excluding tert-OH is 1. The third kappa shape index (κ3) is 2.40. The van der Waals surface area contributed by atoms with Gasteiger partial charge in [0.25, 0.3) is 0 Å². The molecular formula is C16H15NO5. The molecule has 0 spiro atoms. The predicted molar refractivity (Wildman–Crippen MR) is 74.7 cm³/mol. The standard InChI is InChI=1S/C16H15NO5/c1-16(2)15(19)14(21-10-6-13(18)20-8-10)11-5-9(7-17)3-4-12(11)22-16/h3-6,14-15,19H,8H2,1-2H3/t14-,15+/m1/s1. The first-order valence-corrected chi connectivity index (χ1v) is 6.86. The summed E-state index contributed by atoms with van der Waals surface area (Å²) in [6.45, 7) is 3.54. The summed E-state index contributed by atoms with van der Waals surface area (Å²) >= 11 is 0. The molecule has 2 aliphatic heterocycles. The molecule has 0 saturated heterocycles. The van der Waals surface area contributed by atoms with Crippen LogP contribution in [0, 0.1) is 11.3 Å². The van der Waals surface area contributed by atoms with Crippen LogP contribution in [0.5, 0.6) is 5.75 Å². The Morgan fingerprint density at radius 2 is 2.23 bits per heavy atom. The van der Waals surface area contributed by atoms with E-state index >= 15 is 0 Å². The number of ether oxygens (including phenoxy) is 3. The van der Waals surface area contributed by atoms with Crippen molar-refractivity contribution in [1.29, 1.82) is 5.26 Å². The van der Waals surface area contributed by atoms with E-state index in [9.17, 15) is 9.90 Å². The maximum Gasteiger partial charge on any atom is 0.334 e. The van der Waals surface area contributed by atoms with Crippen LogP contribution >= 0.6 is 0 Å². The zero-order valence-corrected chi connectivity index (χ0v) is 12.2. The Hall–Kier alpha value is -2.52. The number of carbonyl (C=O) groups is 1. The number of cyclic esters (lactones) is 1. The van der Waals surface area contributed by atoms with Crippen molar-refractivity contribution >= 4 is 5.97 Å². The molecule has 0 radical (unpaired) electrons. The van der Waals surface area contributed by atoms with E-state index in [1.807, 2.05) is 6.07 Å². The molecule has 2 atom stereocenters. The second-order valence-corrected chi connectivity index (χ2v) is 5.77. The minimum Gasteiger partial charge on any atom is -0.485 e. The second-order valence-electron chi connectivity index (χ2n) is 5.77. The van der Waals surface area contributed by atoms with Crippen molar-refractivity contribution in [3.05, 3.63) is 41.2 Å². The van der Waals surface area contributed by atoms with Gasteiger partial charge in [-0.25, -0.2) is 4.79 Å². The highest BCUT2D eigenvalue weighted by Gasteiger charge is 2.45. The van der Waals surface area contributed by atoms with Gasteiger partial charge in [0.1, 0.15) is 29.8 Å². The minimum atomic E-state index is -0.967. The van der Waals surface area contributed by atoms with Gasteiger partial charge in [-0.1, -0.05) is 0 Å². The van der Waals surface area contributed by atoms with Crippen LogP contribution in [0.15, 0.2) is 30.0 Å². The van der Waals surface area contributed by atoms with Gasteiger partial charge in [0.15, 0.2) is 6.10 Å². The topological polar surface area (TPSA) is 88.8 Å². The number of carbonyl (C=O) groups excluding carboxylic acids is 1. The van der Waals surface area contributed by atoms with Crippen LogP contribution in [0.25, 0.3) is 0 Å². The number of hydrogen-bond donors (Lipinski definition) is 1. The number of nitrogens with zero attached hydrogens (tertiary/aromatic N) is 1. The monoisotopic (exact) mass is 301 g/mol. The van der Waals surface area contributed by atoms with E-state index in [1.165, 1.54) is 6.08 Å². The first-order chi connectivity index (χ1) is 10.4. The smallest absolute Gasteiger partial charge is 0.334 e. The molecule has 1 aromatic carbocycles. The summed E-state index contributed by atoms with van der Waals surface area (Å²) in [6.07, 6.45) is -0.457. The quantitative estimate of drug-likeness (QED) is 0.834. The summed E-state index contributed by atoms with van der Waals surface area (Å²) < 4.78 is 16.4. The van der Waals surface area contributed by atoms with Crippen LogP contribution in [0.3, 0.4) is 0 Å². The van der Waals surface area contributed by atoms with Gasteiger partial charge >= 0.3 is 5.97 Å². The summed E-state index contributed by atoms with van der Waals surface area (Å²) in [7, 11) is 0. The van der Waals surface area contributed by atoms with Gasteiger partial charge in [0.2, 0.25) is 0 Å². The van der Waals surface area contributed by atoms with Crippen molar-refractivity contribution in [2.45, 2.75) is 31.7 Å². The highest BCUT2D eigenvalue weighted by molar-refractivity contribution is 5.84. The lowest BCUT2D eigenvalue weighted by atomic mass is 9.87. The van der Waals surface area contributed by atoms with Gasteiger partial charge in [-0.15, -0.1) is 0 Å². The maximum atomic E-state index is 11.1. The SMILES string of the molecule is CC1(C)Oc2ccc(C#N)cc2[C@@H](OC2=CC(=O)OC2)[C@@H]1O. The molecule has 6 nitrogen and oxygen atoms in total. The van der Waals surface area contributed by atoms with Crippen LogP contribution in [-0.4, -0.2) is 29.4 Å². The number of aliphatic hydroxyl groups is 1. The number of benzene rings is 1. The molecule has 6 heteroatoms. The van der Waals surface area contributed by atoms with Crippen molar-refractivity contribution in [2.75, 3.05) is 6.61 Å². The Morgan fingerprint density at radius 1 is 1.45 bits per heavy atom. The Labute approximate surface area is 127 Å². The molecule has 3 rings (SSSR count). The molecule has 22 heavy (non-hydrogen) atoms. The van der Waals surface area contributed by atoms with Crippen LogP contribution in [-0.2, 0) is 14.3 Å². The van der Waals surface area contributed by atoms with Gasteiger partial charge in [-0.05, 0) is 32.0 Å². The molecule has 0 saturated carbocycles. The maximum absolute atomic E-state index is 11.1. The average Bonchev–Trinajstić information content (AvgIpc) is 2.88. The first kappa shape index (κ1) is 14.4. The number of fused-ring (bicyclic) bond motifs is 1. The fraction of sp³-hybridized carbons (Fsp3) is 0.375. The Morgan fingerprint density at radius 3 is 2.86 bits per heavy atom. The molecule has 0 aromatic heterocycles. The van der Waals surface area contributed by atoms with E-state index in [0.29, 0.717) is 22.6 Å². The van der Waals surface area contributed by atoms with E-state index in [0.717, 1.165) is 0 Å². The van der Waals surface area contributed by atoms with Crippen molar-refractivity contribution in [1.82, 2.24) is 0 Å². The largest absolute Gasteiger partial charge is 0.485 e. The van der Waals surface area contributed by atoms with Crippen molar-refractivity contribution in [3.8, 4) is 11.8 Å². The lowest BCUT2D eigenvalue weighted by Gasteiger charge is -2.41. The van der Waals surface area contributed by atoms with E-state index in [-0.39, 0.29) is 6.61 Å². The van der Waals surface area contributed by atoms with Gasteiger partial charge in [-0.3, -0.25) is 0 Å². The first-order valence-electron chi connectivity index (χ1n) is 6.86. The van der Waals surface area contributed by atoms with E-state index in [4.69, 9.17) is 19.5 Å². The minimum absolute atomic E-state index is 0.0383. The van der Waals surface area contributed by atoms with E-state index in [2.05, 4.69) is 0 Å². The van der Waals surface area contributed by atoms with Crippen molar-refractivity contribution in [2.24, 2.45) is 0 Å². The summed E-state index contributed by atoms with van der Waals surface area (Å²) in [5.41, 5.74) is 0.150. The lowest BCUT2D eigenvalue weighted by Crippen LogP contribution is -2.49. The Kier molecular flexibility index (Phi) is 3.30. The molecule has 1 aromatic rings.